The van der Waals surface area contributed by atoms with Crippen LogP contribution < -0.4 is 10.5 Å². The maximum Gasteiger partial charge on any atom is 0.269 e. The molecule has 172 valence electrons. The summed E-state index contributed by atoms with van der Waals surface area (Å²) < 4.78 is 1.59. The number of aryl methyl sites for hydroxylation is 1. The van der Waals surface area contributed by atoms with Crippen molar-refractivity contribution in [2.75, 3.05) is 17.7 Å². The van der Waals surface area contributed by atoms with Crippen LogP contribution in [0.3, 0.4) is 0 Å². The Morgan fingerprint density at radius 2 is 1.74 bits per heavy atom. The quantitative estimate of drug-likeness (QED) is 0.170. The lowest BCUT2D eigenvalue weighted by Gasteiger charge is -2.18. The minimum atomic E-state index is -0.486. The van der Waals surface area contributed by atoms with E-state index in [0.717, 1.165) is 11.1 Å². The van der Waals surface area contributed by atoms with Crippen molar-refractivity contribution >= 4 is 39.9 Å². The number of nitrogens with zero attached hydrogens (tertiary/aromatic N) is 4. The molecule has 1 aromatic heterocycles. The number of aromatic nitrogens is 2. The fraction of sp³-hybridized carbons (Fsp3) is 0.160. The predicted molar refractivity (Wildman–Crippen MR) is 134 cm³/mol. The van der Waals surface area contributed by atoms with Crippen LogP contribution in [0.2, 0.25) is 0 Å². The van der Waals surface area contributed by atoms with E-state index in [2.05, 4.69) is 4.98 Å². The topological polar surface area (TPSA) is 98.3 Å². The highest BCUT2D eigenvalue weighted by Crippen LogP contribution is 2.22. The third-order valence-electron chi connectivity index (χ3n) is 5.43. The van der Waals surface area contributed by atoms with E-state index in [0.29, 0.717) is 28.3 Å². The van der Waals surface area contributed by atoms with Crippen LogP contribution in [0, 0.1) is 17.0 Å². The van der Waals surface area contributed by atoms with Gasteiger partial charge in [-0.3, -0.25) is 24.3 Å². The van der Waals surface area contributed by atoms with E-state index in [-0.39, 0.29) is 22.9 Å². The third kappa shape index (κ3) is 4.99. The van der Waals surface area contributed by atoms with E-state index in [9.17, 15) is 19.7 Å². The minimum Gasteiger partial charge on any atom is -0.315 e. The summed E-state index contributed by atoms with van der Waals surface area (Å²) in [5, 5.41) is 11.8. The maximum absolute atomic E-state index is 13.3. The molecule has 0 aliphatic heterocycles. The molecule has 8 nitrogen and oxygen atoms in total. The first-order valence-electron chi connectivity index (χ1n) is 10.5. The van der Waals surface area contributed by atoms with Gasteiger partial charge in [-0.1, -0.05) is 53.7 Å². The van der Waals surface area contributed by atoms with Crippen LogP contribution in [-0.2, 0) is 11.3 Å². The molecule has 0 saturated heterocycles. The molecular weight excluding hydrogens is 452 g/mol. The summed E-state index contributed by atoms with van der Waals surface area (Å²) >= 11 is 1.19. The number of para-hydroxylation sites is 1. The minimum absolute atomic E-state index is 0.0422. The standard InChI is InChI=1S/C25H22N4O4S/c1-17-7-9-18(10-8-17)15-28-24(31)21-5-3-4-6-22(21)26-25(28)34-16-23(30)27(2)19-11-13-20(14-12-19)29(32)33/h3-14H,15-16H2,1-2H3. The first-order valence-corrected chi connectivity index (χ1v) is 11.5. The van der Waals surface area contributed by atoms with Crippen molar-refractivity contribution in [2.24, 2.45) is 0 Å². The Bertz CT molecular complexity index is 1420. The Morgan fingerprint density at radius 3 is 2.41 bits per heavy atom. The molecule has 1 amide bonds. The number of hydrogen-bond acceptors (Lipinski definition) is 6. The number of rotatable bonds is 7. The molecule has 0 saturated carbocycles. The van der Waals surface area contributed by atoms with Crippen LogP contribution in [0.5, 0.6) is 0 Å². The second kappa shape index (κ2) is 9.88. The van der Waals surface area contributed by atoms with Crippen LogP contribution in [-0.4, -0.2) is 33.2 Å². The van der Waals surface area contributed by atoms with Crippen molar-refractivity contribution < 1.29 is 9.72 Å². The normalized spacial score (nSPS) is 10.9. The maximum atomic E-state index is 13.3. The van der Waals surface area contributed by atoms with Crippen LogP contribution in [0.15, 0.2) is 82.7 Å². The van der Waals surface area contributed by atoms with Gasteiger partial charge in [-0.05, 0) is 36.8 Å². The van der Waals surface area contributed by atoms with Crippen molar-refractivity contribution in [1.29, 1.82) is 0 Å². The molecule has 0 unspecified atom stereocenters. The van der Waals surface area contributed by atoms with Gasteiger partial charge in [0.15, 0.2) is 5.16 Å². The monoisotopic (exact) mass is 474 g/mol. The van der Waals surface area contributed by atoms with Crippen molar-refractivity contribution in [3.8, 4) is 0 Å². The summed E-state index contributed by atoms with van der Waals surface area (Å²) in [7, 11) is 1.61. The van der Waals surface area contributed by atoms with Gasteiger partial charge in [0.05, 0.1) is 28.1 Å². The first-order chi connectivity index (χ1) is 16.3. The average molecular weight is 475 g/mol. The smallest absolute Gasteiger partial charge is 0.269 e. The highest BCUT2D eigenvalue weighted by Gasteiger charge is 2.17. The summed E-state index contributed by atoms with van der Waals surface area (Å²) in [5.74, 6) is -0.172. The van der Waals surface area contributed by atoms with Gasteiger partial charge in [0.25, 0.3) is 11.2 Å². The third-order valence-corrected chi connectivity index (χ3v) is 6.40. The van der Waals surface area contributed by atoms with Crippen LogP contribution >= 0.6 is 11.8 Å². The number of anilines is 1. The van der Waals surface area contributed by atoms with Crippen LogP contribution in [0.25, 0.3) is 10.9 Å². The van der Waals surface area contributed by atoms with E-state index >= 15 is 0 Å². The summed E-state index contributed by atoms with van der Waals surface area (Å²) in [6.07, 6.45) is 0. The molecule has 34 heavy (non-hydrogen) atoms. The summed E-state index contributed by atoms with van der Waals surface area (Å²) in [6, 6.07) is 20.8. The Morgan fingerprint density at radius 1 is 1.06 bits per heavy atom. The molecule has 0 N–H and O–H groups in total. The number of nitro groups is 1. The molecule has 0 aliphatic rings. The van der Waals surface area contributed by atoms with Crippen molar-refractivity contribution in [3.63, 3.8) is 0 Å². The lowest BCUT2D eigenvalue weighted by atomic mass is 10.1. The van der Waals surface area contributed by atoms with E-state index in [1.807, 2.05) is 37.3 Å². The predicted octanol–water partition coefficient (Wildman–Crippen LogP) is 4.42. The zero-order valence-corrected chi connectivity index (χ0v) is 19.5. The second-order valence-corrected chi connectivity index (χ2v) is 8.75. The molecule has 0 spiro atoms. The van der Waals surface area contributed by atoms with Crippen molar-refractivity contribution in [2.45, 2.75) is 18.6 Å². The van der Waals surface area contributed by atoms with Gasteiger partial charge < -0.3 is 4.90 Å². The Hall–Kier alpha value is -3.98. The molecule has 0 fully saturated rings. The number of thioether (sulfide) groups is 1. The molecule has 0 atom stereocenters. The Balaban J connectivity index is 1.60. The fourth-order valence-corrected chi connectivity index (χ4v) is 4.35. The largest absolute Gasteiger partial charge is 0.315 e. The van der Waals surface area contributed by atoms with E-state index in [4.69, 9.17) is 0 Å². The SMILES string of the molecule is Cc1ccc(Cn2c(SCC(=O)N(C)c3ccc([N+](=O)[O-])cc3)nc3ccccc3c2=O)cc1. The lowest BCUT2D eigenvalue weighted by molar-refractivity contribution is -0.384. The fourth-order valence-electron chi connectivity index (χ4n) is 3.44. The van der Waals surface area contributed by atoms with Crippen molar-refractivity contribution in [3.05, 3.63) is 104 Å². The Kier molecular flexibility index (Phi) is 6.74. The molecule has 4 aromatic rings. The number of nitro benzene ring substituents is 1. The van der Waals surface area contributed by atoms with Gasteiger partial charge in [0, 0.05) is 24.9 Å². The average Bonchev–Trinajstić information content (AvgIpc) is 2.85. The summed E-state index contributed by atoms with van der Waals surface area (Å²) in [6.45, 7) is 2.34. The van der Waals surface area contributed by atoms with Crippen LogP contribution in [0.1, 0.15) is 11.1 Å². The molecule has 1 heterocycles. The van der Waals surface area contributed by atoms with Gasteiger partial charge in [-0.25, -0.2) is 4.98 Å². The van der Waals surface area contributed by atoms with Gasteiger partial charge >= 0.3 is 0 Å². The first kappa shape index (κ1) is 23.2. The number of fused-ring (bicyclic) bond motifs is 1. The number of non-ortho nitro benzene ring substituents is 1. The highest BCUT2D eigenvalue weighted by molar-refractivity contribution is 7.99. The summed E-state index contributed by atoms with van der Waals surface area (Å²) in [4.78, 5) is 42.6. The van der Waals surface area contributed by atoms with Crippen molar-refractivity contribution in [1.82, 2.24) is 9.55 Å². The number of carbonyl (C=O) groups is 1. The summed E-state index contributed by atoms with van der Waals surface area (Å²) in [5.41, 5.74) is 3.00. The zero-order valence-electron chi connectivity index (χ0n) is 18.7. The van der Waals surface area contributed by atoms with E-state index in [1.165, 1.54) is 40.9 Å². The van der Waals surface area contributed by atoms with Crippen LogP contribution in [0.4, 0.5) is 11.4 Å². The van der Waals surface area contributed by atoms with Gasteiger partial charge in [0.1, 0.15) is 0 Å². The molecule has 0 radical (unpaired) electrons. The number of amides is 1. The molecule has 4 rings (SSSR count). The Labute approximate surface area is 200 Å². The van der Waals surface area contributed by atoms with Gasteiger partial charge in [-0.15, -0.1) is 0 Å². The van der Waals surface area contributed by atoms with E-state index in [1.54, 1.807) is 29.8 Å². The molecule has 9 heteroatoms. The van der Waals surface area contributed by atoms with Gasteiger partial charge in [0.2, 0.25) is 5.91 Å². The molecule has 0 bridgehead atoms. The number of benzene rings is 3. The molecule has 0 aliphatic carbocycles. The van der Waals surface area contributed by atoms with Gasteiger partial charge in [-0.2, -0.15) is 0 Å². The number of hydrogen-bond donors (Lipinski definition) is 0. The molecular formula is C25H22N4O4S. The zero-order chi connectivity index (χ0) is 24.2. The number of carbonyl (C=O) groups excluding carboxylic acids is 1. The van der Waals surface area contributed by atoms with E-state index < -0.39 is 4.92 Å². The second-order valence-electron chi connectivity index (χ2n) is 7.80. The highest BCUT2D eigenvalue weighted by atomic mass is 32.2. The molecule has 3 aromatic carbocycles. The lowest BCUT2D eigenvalue weighted by Crippen LogP contribution is -2.29.